The molecule has 2 N–H and O–H groups in total. The van der Waals surface area contributed by atoms with Gasteiger partial charge in [-0.2, -0.15) is 5.01 Å². The highest BCUT2D eigenvalue weighted by Gasteiger charge is 2.52. The van der Waals surface area contributed by atoms with E-state index >= 15 is 0 Å². The maximum absolute atomic E-state index is 12.9. The number of urea groups is 1. The molecule has 7 heteroatoms. The SMILES string of the molecule is CC[C@]1(c2ccccc2)NC(=O)N(NC(=O)COc2cccc(C)c2)C1=O. The molecule has 4 amide bonds. The van der Waals surface area contributed by atoms with Gasteiger partial charge in [0.15, 0.2) is 6.61 Å². The van der Waals surface area contributed by atoms with Crippen LogP contribution in [0.3, 0.4) is 0 Å². The molecule has 1 fully saturated rings. The number of carbonyl (C=O) groups is 3. The lowest BCUT2D eigenvalue weighted by Gasteiger charge is -2.25. The summed E-state index contributed by atoms with van der Waals surface area (Å²) in [7, 11) is 0. The molecule has 0 spiro atoms. The van der Waals surface area contributed by atoms with Crippen LogP contribution in [0.15, 0.2) is 54.6 Å². The summed E-state index contributed by atoms with van der Waals surface area (Å²) in [4.78, 5) is 37.4. The Hall–Kier alpha value is -3.35. The minimum Gasteiger partial charge on any atom is -0.484 e. The van der Waals surface area contributed by atoms with Gasteiger partial charge in [-0.15, -0.1) is 0 Å². The van der Waals surface area contributed by atoms with Crippen LogP contribution >= 0.6 is 0 Å². The average Bonchev–Trinajstić information content (AvgIpc) is 2.92. The van der Waals surface area contributed by atoms with Crippen molar-refractivity contribution in [1.82, 2.24) is 15.8 Å². The standard InChI is InChI=1S/C20H21N3O4/c1-3-20(15-9-5-4-6-10-15)18(25)23(19(26)21-20)22-17(24)13-27-16-11-7-8-14(2)12-16/h4-12H,3,13H2,1-2H3,(H,21,26)(H,22,24)/t20-/m1/s1. The average molecular weight is 367 g/mol. The number of aryl methyl sites for hydroxylation is 1. The van der Waals surface area contributed by atoms with Crippen LogP contribution in [-0.2, 0) is 15.1 Å². The van der Waals surface area contributed by atoms with Gasteiger partial charge in [-0.05, 0) is 36.6 Å². The van der Waals surface area contributed by atoms with Crippen molar-refractivity contribution in [2.24, 2.45) is 0 Å². The Kier molecular flexibility index (Phi) is 5.12. The van der Waals surface area contributed by atoms with E-state index in [1.165, 1.54) is 0 Å². The number of rotatable bonds is 6. The van der Waals surface area contributed by atoms with Crippen molar-refractivity contribution in [1.29, 1.82) is 0 Å². The zero-order valence-corrected chi connectivity index (χ0v) is 15.2. The Balaban J connectivity index is 1.69. The molecule has 0 aliphatic carbocycles. The number of nitrogens with zero attached hydrogens (tertiary/aromatic N) is 1. The second-order valence-corrected chi connectivity index (χ2v) is 6.34. The molecular formula is C20H21N3O4. The van der Waals surface area contributed by atoms with E-state index in [4.69, 9.17) is 4.74 Å². The first-order valence-corrected chi connectivity index (χ1v) is 8.67. The molecule has 0 aromatic heterocycles. The quantitative estimate of drug-likeness (QED) is 0.767. The molecular weight excluding hydrogens is 346 g/mol. The van der Waals surface area contributed by atoms with Crippen LogP contribution in [0.4, 0.5) is 4.79 Å². The normalized spacial score (nSPS) is 19.0. The second kappa shape index (κ2) is 7.49. The monoisotopic (exact) mass is 367 g/mol. The summed E-state index contributed by atoms with van der Waals surface area (Å²) in [5.74, 6) is -0.584. The Morgan fingerprint density at radius 2 is 1.89 bits per heavy atom. The van der Waals surface area contributed by atoms with Crippen molar-refractivity contribution >= 4 is 17.8 Å². The predicted molar refractivity (Wildman–Crippen MR) is 98.6 cm³/mol. The van der Waals surface area contributed by atoms with E-state index in [0.29, 0.717) is 17.7 Å². The number of hydrazine groups is 1. The fraction of sp³-hybridized carbons (Fsp3) is 0.250. The Labute approximate surface area is 157 Å². The third-order valence-electron chi connectivity index (χ3n) is 4.48. The molecule has 1 atom stereocenters. The zero-order chi connectivity index (χ0) is 19.4. The molecule has 7 nitrogen and oxygen atoms in total. The summed E-state index contributed by atoms with van der Waals surface area (Å²) in [6, 6.07) is 15.5. The van der Waals surface area contributed by atoms with Crippen LogP contribution in [0.2, 0.25) is 0 Å². The van der Waals surface area contributed by atoms with Crippen molar-refractivity contribution in [3.63, 3.8) is 0 Å². The number of benzene rings is 2. The van der Waals surface area contributed by atoms with Gasteiger partial charge in [0.1, 0.15) is 11.3 Å². The number of hydrogen-bond donors (Lipinski definition) is 2. The summed E-state index contributed by atoms with van der Waals surface area (Å²) in [6.07, 6.45) is 0.355. The lowest BCUT2D eigenvalue weighted by atomic mass is 9.87. The highest BCUT2D eigenvalue weighted by atomic mass is 16.5. The summed E-state index contributed by atoms with van der Waals surface area (Å²) < 4.78 is 5.41. The summed E-state index contributed by atoms with van der Waals surface area (Å²) in [5, 5.41) is 3.42. The maximum Gasteiger partial charge on any atom is 0.344 e. The predicted octanol–water partition coefficient (Wildman–Crippen LogP) is 2.26. The van der Waals surface area contributed by atoms with Crippen molar-refractivity contribution < 1.29 is 19.1 Å². The molecule has 1 heterocycles. The maximum atomic E-state index is 12.9. The van der Waals surface area contributed by atoms with Gasteiger partial charge in [0.05, 0.1) is 0 Å². The molecule has 27 heavy (non-hydrogen) atoms. The van der Waals surface area contributed by atoms with Crippen molar-refractivity contribution in [3.05, 3.63) is 65.7 Å². The molecule has 1 aliphatic rings. The molecule has 2 aromatic rings. The lowest BCUT2D eigenvalue weighted by molar-refractivity contribution is -0.140. The Bertz CT molecular complexity index is 869. The molecule has 2 aromatic carbocycles. The summed E-state index contributed by atoms with van der Waals surface area (Å²) >= 11 is 0. The number of amides is 4. The number of ether oxygens (including phenoxy) is 1. The number of nitrogens with one attached hydrogen (secondary N) is 2. The van der Waals surface area contributed by atoms with Crippen LogP contribution in [0, 0.1) is 6.92 Å². The van der Waals surface area contributed by atoms with E-state index < -0.39 is 23.4 Å². The third kappa shape index (κ3) is 3.62. The fourth-order valence-corrected chi connectivity index (χ4v) is 3.05. The van der Waals surface area contributed by atoms with Gasteiger partial charge in [-0.1, -0.05) is 49.4 Å². The van der Waals surface area contributed by atoms with Crippen LogP contribution < -0.4 is 15.5 Å². The van der Waals surface area contributed by atoms with Gasteiger partial charge < -0.3 is 10.1 Å². The smallest absolute Gasteiger partial charge is 0.344 e. The molecule has 0 unspecified atom stereocenters. The van der Waals surface area contributed by atoms with Gasteiger partial charge in [0.2, 0.25) is 0 Å². The first kappa shape index (κ1) is 18.4. The summed E-state index contributed by atoms with van der Waals surface area (Å²) in [5.41, 5.74) is 2.80. The first-order valence-electron chi connectivity index (χ1n) is 8.67. The van der Waals surface area contributed by atoms with E-state index in [9.17, 15) is 14.4 Å². The minimum atomic E-state index is -1.19. The van der Waals surface area contributed by atoms with Gasteiger partial charge >= 0.3 is 6.03 Å². The van der Waals surface area contributed by atoms with Gasteiger partial charge in [-0.3, -0.25) is 15.0 Å². The molecule has 3 rings (SSSR count). The highest BCUT2D eigenvalue weighted by molar-refractivity contribution is 6.08. The topological polar surface area (TPSA) is 87.7 Å². The Morgan fingerprint density at radius 1 is 1.15 bits per heavy atom. The zero-order valence-electron chi connectivity index (χ0n) is 15.2. The van der Waals surface area contributed by atoms with Gasteiger partial charge in [0, 0.05) is 0 Å². The molecule has 0 bridgehead atoms. The molecule has 0 saturated carbocycles. The van der Waals surface area contributed by atoms with E-state index in [2.05, 4.69) is 10.7 Å². The largest absolute Gasteiger partial charge is 0.484 e. The second-order valence-electron chi connectivity index (χ2n) is 6.34. The molecule has 140 valence electrons. The number of carbonyl (C=O) groups excluding carboxylic acids is 3. The first-order chi connectivity index (χ1) is 13.0. The van der Waals surface area contributed by atoms with Gasteiger partial charge in [-0.25, -0.2) is 4.79 Å². The van der Waals surface area contributed by atoms with Gasteiger partial charge in [0.25, 0.3) is 11.8 Å². The third-order valence-corrected chi connectivity index (χ3v) is 4.48. The lowest BCUT2D eigenvalue weighted by Crippen LogP contribution is -2.49. The van der Waals surface area contributed by atoms with Crippen LogP contribution in [0.5, 0.6) is 5.75 Å². The van der Waals surface area contributed by atoms with Crippen LogP contribution in [0.25, 0.3) is 0 Å². The highest BCUT2D eigenvalue weighted by Crippen LogP contribution is 2.31. The van der Waals surface area contributed by atoms with Crippen LogP contribution in [0.1, 0.15) is 24.5 Å². The van der Waals surface area contributed by atoms with E-state index in [-0.39, 0.29) is 6.61 Å². The van der Waals surface area contributed by atoms with Crippen molar-refractivity contribution in [2.75, 3.05) is 6.61 Å². The van der Waals surface area contributed by atoms with Crippen molar-refractivity contribution in [2.45, 2.75) is 25.8 Å². The van der Waals surface area contributed by atoms with E-state index in [1.54, 1.807) is 43.3 Å². The molecule has 1 saturated heterocycles. The van der Waals surface area contributed by atoms with E-state index in [1.807, 2.05) is 25.1 Å². The molecule has 0 radical (unpaired) electrons. The van der Waals surface area contributed by atoms with E-state index in [0.717, 1.165) is 10.6 Å². The number of hydrogen-bond acceptors (Lipinski definition) is 4. The fourth-order valence-electron chi connectivity index (χ4n) is 3.05. The minimum absolute atomic E-state index is 0.315. The van der Waals surface area contributed by atoms with Crippen LogP contribution in [-0.4, -0.2) is 29.5 Å². The molecule has 1 aliphatic heterocycles. The number of imide groups is 1. The Morgan fingerprint density at radius 3 is 2.56 bits per heavy atom. The van der Waals surface area contributed by atoms with Crippen molar-refractivity contribution in [3.8, 4) is 5.75 Å². The summed E-state index contributed by atoms with van der Waals surface area (Å²) in [6.45, 7) is 3.40.